The fourth-order valence-corrected chi connectivity index (χ4v) is 4.37. The Bertz CT molecular complexity index is 734. The molecule has 0 saturated carbocycles. The summed E-state index contributed by atoms with van der Waals surface area (Å²) in [7, 11) is 0. The van der Waals surface area contributed by atoms with Gasteiger partial charge in [-0.1, -0.05) is 12.1 Å². The molecule has 0 atom stereocenters. The van der Waals surface area contributed by atoms with Crippen molar-refractivity contribution < 1.29 is 4.79 Å². The van der Waals surface area contributed by atoms with E-state index < -0.39 is 0 Å². The van der Waals surface area contributed by atoms with Crippen LogP contribution in [0.3, 0.4) is 0 Å². The number of amides is 1. The highest BCUT2D eigenvalue weighted by atomic mass is 32.1. The van der Waals surface area contributed by atoms with E-state index in [1.165, 1.54) is 48.1 Å². The van der Waals surface area contributed by atoms with E-state index in [0.29, 0.717) is 5.13 Å². The second kappa shape index (κ2) is 7.03. The largest absolute Gasteiger partial charge is 0.317 e. The van der Waals surface area contributed by atoms with Crippen molar-refractivity contribution in [2.45, 2.75) is 38.5 Å². The number of carbonyl (C=O) groups excluding carboxylic acids is 1. The minimum absolute atomic E-state index is 0.113. The summed E-state index contributed by atoms with van der Waals surface area (Å²) < 4.78 is 0. The van der Waals surface area contributed by atoms with Crippen LogP contribution >= 0.6 is 11.3 Å². The van der Waals surface area contributed by atoms with Crippen molar-refractivity contribution in [2.75, 3.05) is 18.4 Å². The molecule has 0 radical (unpaired) electrons. The molecular formula is C19H23N3OS. The van der Waals surface area contributed by atoms with Gasteiger partial charge in [0, 0.05) is 16.9 Å². The van der Waals surface area contributed by atoms with Gasteiger partial charge in [-0.15, -0.1) is 11.3 Å². The van der Waals surface area contributed by atoms with Crippen LogP contribution in [-0.2, 0) is 17.6 Å². The molecule has 24 heavy (non-hydrogen) atoms. The number of aromatic nitrogens is 1. The van der Waals surface area contributed by atoms with E-state index in [9.17, 15) is 4.79 Å². The van der Waals surface area contributed by atoms with Crippen LogP contribution in [0.4, 0.5) is 5.13 Å². The highest BCUT2D eigenvalue weighted by molar-refractivity contribution is 7.14. The Morgan fingerprint density at radius 3 is 2.79 bits per heavy atom. The van der Waals surface area contributed by atoms with Crippen molar-refractivity contribution >= 4 is 22.4 Å². The SMILES string of the molecule is O=C(Nc1nc(-c2ccc3c(c2)CCCC3)cs1)C1CCNCC1. The number of hydrogen-bond acceptors (Lipinski definition) is 4. The molecule has 4 nitrogen and oxygen atoms in total. The lowest BCUT2D eigenvalue weighted by Gasteiger charge is -2.21. The van der Waals surface area contributed by atoms with E-state index in [1.807, 2.05) is 5.38 Å². The number of carbonyl (C=O) groups is 1. The van der Waals surface area contributed by atoms with E-state index in [0.717, 1.165) is 37.2 Å². The van der Waals surface area contributed by atoms with E-state index in [4.69, 9.17) is 0 Å². The molecule has 5 heteroatoms. The summed E-state index contributed by atoms with van der Waals surface area (Å²) in [6.45, 7) is 1.85. The lowest BCUT2D eigenvalue weighted by atomic mass is 9.90. The lowest BCUT2D eigenvalue weighted by molar-refractivity contribution is -0.120. The average molecular weight is 341 g/mol. The van der Waals surface area contributed by atoms with E-state index in [-0.39, 0.29) is 11.8 Å². The number of nitrogens with zero attached hydrogens (tertiary/aromatic N) is 1. The molecule has 1 aliphatic carbocycles. The van der Waals surface area contributed by atoms with Crippen LogP contribution in [0.1, 0.15) is 36.8 Å². The molecule has 0 spiro atoms. The van der Waals surface area contributed by atoms with Crippen molar-refractivity contribution in [2.24, 2.45) is 5.92 Å². The van der Waals surface area contributed by atoms with Gasteiger partial charge < -0.3 is 10.6 Å². The first kappa shape index (κ1) is 15.8. The van der Waals surface area contributed by atoms with Crippen molar-refractivity contribution in [1.29, 1.82) is 0 Å². The normalized spacial score (nSPS) is 18.2. The number of fused-ring (bicyclic) bond motifs is 1. The molecule has 1 saturated heterocycles. The maximum Gasteiger partial charge on any atom is 0.229 e. The van der Waals surface area contributed by atoms with Gasteiger partial charge in [-0.25, -0.2) is 4.98 Å². The van der Waals surface area contributed by atoms with Crippen LogP contribution < -0.4 is 10.6 Å². The van der Waals surface area contributed by atoms with Gasteiger partial charge in [0.25, 0.3) is 0 Å². The number of thiazole rings is 1. The number of benzene rings is 1. The summed E-state index contributed by atoms with van der Waals surface area (Å²) in [5.74, 6) is 0.227. The van der Waals surface area contributed by atoms with Gasteiger partial charge in [0.05, 0.1) is 5.69 Å². The number of piperidine rings is 1. The van der Waals surface area contributed by atoms with Crippen LogP contribution in [0.15, 0.2) is 23.6 Å². The van der Waals surface area contributed by atoms with Crippen LogP contribution in [0.5, 0.6) is 0 Å². The molecule has 0 unspecified atom stereocenters. The number of rotatable bonds is 3. The fourth-order valence-electron chi connectivity index (χ4n) is 3.65. The first-order valence-electron chi connectivity index (χ1n) is 8.89. The molecule has 126 valence electrons. The molecule has 4 rings (SSSR count). The van der Waals surface area contributed by atoms with Crippen molar-refractivity contribution in [3.63, 3.8) is 0 Å². The Balaban J connectivity index is 1.47. The minimum atomic E-state index is 0.113. The van der Waals surface area contributed by atoms with E-state index in [1.54, 1.807) is 0 Å². The van der Waals surface area contributed by atoms with Crippen LogP contribution in [0.25, 0.3) is 11.3 Å². The van der Waals surface area contributed by atoms with Crippen LogP contribution in [-0.4, -0.2) is 24.0 Å². The number of anilines is 1. The van der Waals surface area contributed by atoms with E-state index >= 15 is 0 Å². The quantitative estimate of drug-likeness (QED) is 0.896. The monoisotopic (exact) mass is 341 g/mol. The van der Waals surface area contributed by atoms with Gasteiger partial charge in [0.1, 0.15) is 0 Å². The molecule has 1 aromatic heterocycles. The molecule has 0 bridgehead atoms. The van der Waals surface area contributed by atoms with Gasteiger partial charge in [-0.3, -0.25) is 4.79 Å². The van der Waals surface area contributed by atoms with Gasteiger partial charge >= 0.3 is 0 Å². The topological polar surface area (TPSA) is 54.0 Å². The van der Waals surface area contributed by atoms with Crippen molar-refractivity contribution in [3.8, 4) is 11.3 Å². The van der Waals surface area contributed by atoms with Gasteiger partial charge in [-0.05, 0) is 68.8 Å². The second-order valence-electron chi connectivity index (χ2n) is 6.74. The molecule has 2 aromatic rings. The molecule has 1 aliphatic heterocycles. The number of hydrogen-bond donors (Lipinski definition) is 2. The summed E-state index contributed by atoms with van der Waals surface area (Å²) in [4.78, 5) is 17.0. The summed E-state index contributed by atoms with van der Waals surface area (Å²) in [6, 6.07) is 6.69. The standard InChI is InChI=1S/C19H23N3OS/c23-18(14-7-9-20-10-8-14)22-19-21-17(12-24-19)16-6-5-13-3-1-2-4-15(13)11-16/h5-6,11-12,14,20H,1-4,7-10H2,(H,21,22,23). The molecular weight excluding hydrogens is 318 g/mol. The predicted octanol–water partition coefficient (Wildman–Crippen LogP) is 3.63. The molecule has 1 aromatic carbocycles. The maximum absolute atomic E-state index is 12.3. The Kier molecular flexibility index (Phi) is 4.63. The Morgan fingerprint density at radius 1 is 1.17 bits per heavy atom. The van der Waals surface area contributed by atoms with Gasteiger partial charge in [0.15, 0.2) is 5.13 Å². The predicted molar refractivity (Wildman–Crippen MR) is 98.4 cm³/mol. The number of nitrogens with one attached hydrogen (secondary N) is 2. The zero-order valence-electron chi connectivity index (χ0n) is 13.8. The first-order chi connectivity index (χ1) is 11.8. The van der Waals surface area contributed by atoms with Crippen molar-refractivity contribution in [1.82, 2.24) is 10.3 Å². The molecule has 1 fully saturated rings. The third-order valence-corrected chi connectivity index (χ3v) is 5.85. The molecule has 2 aliphatic rings. The van der Waals surface area contributed by atoms with Gasteiger partial charge in [0.2, 0.25) is 5.91 Å². The summed E-state index contributed by atoms with van der Waals surface area (Å²) in [5, 5.41) is 9.05. The lowest BCUT2D eigenvalue weighted by Crippen LogP contribution is -2.34. The highest BCUT2D eigenvalue weighted by Gasteiger charge is 2.21. The summed E-state index contributed by atoms with van der Waals surface area (Å²) >= 11 is 1.52. The Hall–Kier alpha value is -1.72. The molecule has 2 N–H and O–H groups in total. The third-order valence-electron chi connectivity index (χ3n) is 5.09. The third kappa shape index (κ3) is 3.37. The van der Waals surface area contributed by atoms with E-state index in [2.05, 4.69) is 33.8 Å². The Morgan fingerprint density at radius 2 is 1.96 bits per heavy atom. The van der Waals surface area contributed by atoms with Crippen LogP contribution in [0, 0.1) is 5.92 Å². The number of aryl methyl sites for hydroxylation is 2. The first-order valence-corrected chi connectivity index (χ1v) is 9.77. The van der Waals surface area contributed by atoms with Gasteiger partial charge in [-0.2, -0.15) is 0 Å². The zero-order valence-corrected chi connectivity index (χ0v) is 14.6. The zero-order chi connectivity index (χ0) is 16.4. The smallest absolute Gasteiger partial charge is 0.229 e. The highest BCUT2D eigenvalue weighted by Crippen LogP contribution is 2.30. The van der Waals surface area contributed by atoms with Crippen molar-refractivity contribution in [3.05, 3.63) is 34.7 Å². The summed E-state index contributed by atoms with van der Waals surface area (Å²) in [6.07, 6.45) is 6.78. The fraction of sp³-hybridized carbons (Fsp3) is 0.474. The molecule has 2 heterocycles. The second-order valence-corrected chi connectivity index (χ2v) is 7.60. The minimum Gasteiger partial charge on any atom is -0.317 e. The van der Waals surface area contributed by atoms with Crippen LogP contribution in [0.2, 0.25) is 0 Å². The average Bonchev–Trinajstić information content (AvgIpc) is 3.10. The maximum atomic E-state index is 12.3. The Labute approximate surface area is 146 Å². The summed E-state index contributed by atoms with van der Waals surface area (Å²) in [5.41, 5.74) is 5.08. The molecule has 1 amide bonds.